The average molecular weight is 253 g/mol. The van der Waals surface area contributed by atoms with Crippen LogP contribution in [0.25, 0.3) is 0 Å². The van der Waals surface area contributed by atoms with Gasteiger partial charge in [-0.3, -0.25) is 4.90 Å². The Morgan fingerprint density at radius 2 is 1.94 bits per heavy atom. The van der Waals surface area contributed by atoms with E-state index in [0.717, 1.165) is 12.0 Å². The van der Waals surface area contributed by atoms with Crippen LogP contribution in [0.3, 0.4) is 0 Å². The van der Waals surface area contributed by atoms with Crippen LogP contribution in [0, 0.1) is 5.92 Å². The second-order valence-electron chi connectivity index (χ2n) is 6.33. The monoisotopic (exact) mass is 253 g/mol. The van der Waals surface area contributed by atoms with Crippen molar-refractivity contribution in [1.82, 2.24) is 15.1 Å². The average Bonchev–Trinajstić information content (AvgIpc) is 2.64. The van der Waals surface area contributed by atoms with Gasteiger partial charge >= 0.3 is 0 Å². The van der Waals surface area contributed by atoms with Crippen molar-refractivity contribution in [2.45, 2.75) is 51.6 Å². The van der Waals surface area contributed by atoms with E-state index in [1.807, 2.05) is 0 Å². The first-order valence-corrected chi connectivity index (χ1v) is 7.86. The van der Waals surface area contributed by atoms with E-state index in [1.165, 1.54) is 58.4 Å². The molecule has 2 unspecified atom stereocenters. The number of rotatable bonds is 3. The van der Waals surface area contributed by atoms with E-state index in [0.29, 0.717) is 6.04 Å². The fourth-order valence-corrected chi connectivity index (χ4v) is 3.34. The highest BCUT2D eigenvalue weighted by atomic mass is 15.2. The lowest BCUT2D eigenvalue weighted by Crippen LogP contribution is -2.48. The smallest absolute Gasteiger partial charge is 0.0220 e. The Labute approximate surface area is 113 Å². The second-order valence-corrected chi connectivity index (χ2v) is 6.33. The van der Waals surface area contributed by atoms with Crippen LogP contribution in [0.2, 0.25) is 0 Å². The van der Waals surface area contributed by atoms with E-state index in [9.17, 15) is 0 Å². The molecular weight excluding hydrogens is 222 g/mol. The minimum absolute atomic E-state index is 0.706. The molecule has 0 aromatic rings. The molecule has 1 N–H and O–H groups in total. The van der Waals surface area contributed by atoms with Gasteiger partial charge in [-0.1, -0.05) is 20.3 Å². The SMILES string of the molecule is CCC(C)C1CN(C2CCN(C)CC2)CCCN1. The Morgan fingerprint density at radius 3 is 2.61 bits per heavy atom. The van der Waals surface area contributed by atoms with E-state index in [4.69, 9.17) is 0 Å². The van der Waals surface area contributed by atoms with Gasteiger partial charge in [0.1, 0.15) is 0 Å². The molecule has 2 saturated heterocycles. The van der Waals surface area contributed by atoms with Crippen LogP contribution in [0.4, 0.5) is 0 Å². The van der Waals surface area contributed by atoms with Gasteiger partial charge in [0, 0.05) is 18.6 Å². The van der Waals surface area contributed by atoms with Gasteiger partial charge < -0.3 is 10.2 Å². The first kappa shape index (κ1) is 14.3. The molecule has 106 valence electrons. The predicted molar refractivity (Wildman–Crippen MR) is 78.0 cm³/mol. The van der Waals surface area contributed by atoms with Crippen LogP contribution >= 0.6 is 0 Å². The molecule has 0 aromatic heterocycles. The summed E-state index contributed by atoms with van der Waals surface area (Å²) < 4.78 is 0. The van der Waals surface area contributed by atoms with Crippen LogP contribution in [-0.2, 0) is 0 Å². The normalized spacial score (nSPS) is 31.2. The van der Waals surface area contributed by atoms with Gasteiger partial charge in [0.05, 0.1) is 0 Å². The van der Waals surface area contributed by atoms with Crippen molar-refractivity contribution in [2.24, 2.45) is 5.92 Å². The van der Waals surface area contributed by atoms with E-state index < -0.39 is 0 Å². The summed E-state index contributed by atoms with van der Waals surface area (Å²) in [6.07, 6.45) is 5.34. The second kappa shape index (κ2) is 6.88. The van der Waals surface area contributed by atoms with Crippen LogP contribution in [0.1, 0.15) is 39.5 Å². The maximum atomic E-state index is 3.76. The Bertz CT molecular complexity index is 236. The van der Waals surface area contributed by atoms with Crippen LogP contribution in [0.5, 0.6) is 0 Å². The molecule has 0 saturated carbocycles. The number of piperidine rings is 1. The Hall–Kier alpha value is -0.120. The molecule has 0 amide bonds. The molecule has 3 heteroatoms. The third kappa shape index (κ3) is 3.69. The summed E-state index contributed by atoms with van der Waals surface area (Å²) in [6.45, 7) is 11.0. The minimum atomic E-state index is 0.706. The number of likely N-dealkylation sites (tertiary alicyclic amines) is 1. The zero-order chi connectivity index (χ0) is 13.0. The van der Waals surface area contributed by atoms with E-state index in [2.05, 4.69) is 36.0 Å². The zero-order valence-electron chi connectivity index (χ0n) is 12.5. The first-order valence-electron chi connectivity index (χ1n) is 7.86. The van der Waals surface area contributed by atoms with Crippen molar-refractivity contribution >= 4 is 0 Å². The highest BCUT2D eigenvalue weighted by Crippen LogP contribution is 2.20. The number of hydrogen-bond acceptors (Lipinski definition) is 3. The van der Waals surface area contributed by atoms with Gasteiger partial charge in [0.25, 0.3) is 0 Å². The largest absolute Gasteiger partial charge is 0.312 e. The van der Waals surface area contributed by atoms with Crippen LogP contribution in [-0.4, -0.2) is 61.7 Å². The van der Waals surface area contributed by atoms with Crippen molar-refractivity contribution in [3.63, 3.8) is 0 Å². The van der Waals surface area contributed by atoms with Crippen LogP contribution in [0.15, 0.2) is 0 Å². The molecule has 0 aliphatic carbocycles. The standard InChI is InChI=1S/C15H31N3/c1-4-13(2)15-12-18(9-5-8-16-15)14-6-10-17(3)11-7-14/h13-16H,4-12H2,1-3H3. The first-order chi connectivity index (χ1) is 8.70. The highest BCUT2D eigenvalue weighted by molar-refractivity contribution is 4.86. The summed E-state index contributed by atoms with van der Waals surface area (Å²) in [4.78, 5) is 5.25. The van der Waals surface area contributed by atoms with Crippen molar-refractivity contribution in [1.29, 1.82) is 0 Å². The molecule has 18 heavy (non-hydrogen) atoms. The molecular formula is C15H31N3. The van der Waals surface area contributed by atoms with E-state index >= 15 is 0 Å². The molecule has 2 fully saturated rings. The van der Waals surface area contributed by atoms with Gasteiger partial charge in [-0.2, -0.15) is 0 Å². The van der Waals surface area contributed by atoms with Crippen LogP contribution < -0.4 is 5.32 Å². The number of nitrogens with one attached hydrogen (secondary N) is 1. The van der Waals surface area contributed by atoms with Crippen molar-refractivity contribution < 1.29 is 0 Å². The summed E-state index contributed by atoms with van der Waals surface area (Å²) in [5.41, 5.74) is 0. The van der Waals surface area contributed by atoms with E-state index in [1.54, 1.807) is 0 Å². The molecule has 3 nitrogen and oxygen atoms in total. The molecule has 2 aliphatic heterocycles. The maximum absolute atomic E-state index is 3.76. The summed E-state index contributed by atoms with van der Waals surface area (Å²) in [7, 11) is 2.25. The minimum Gasteiger partial charge on any atom is -0.312 e. The summed E-state index contributed by atoms with van der Waals surface area (Å²) >= 11 is 0. The predicted octanol–water partition coefficient (Wildman–Crippen LogP) is 1.79. The lowest BCUT2D eigenvalue weighted by Gasteiger charge is -2.38. The number of nitrogens with zero attached hydrogens (tertiary/aromatic N) is 2. The van der Waals surface area contributed by atoms with Crippen molar-refractivity contribution in [2.75, 3.05) is 39.8 Å². The topological polar surface area (TPSA) is 18.5 Å². The molecule has 0 radical (unpaired) electrons. The molecule has 2 heterocycles. The lowest BCUT2D eigenvalue weighted by atomic mass is 9.97. The molecule has 2 rings (SSSR count). The van der Waals surface area contributed by atoms with Gasteiger partial charge in [-0.05, 0) is 58.4 Å². The van der Waals surface area contributed by atoms with Crippen molar-refractivity contribution in [3.05, 3.63) is 0 Å². The maximum Gasteiger partial charge on any atom is 0.0220 e. The van der Waals surface area contributed by atoms with Gasteiger partial charge in [0.15, 0.2) is 0 Å². The molecule has 0 spiro atoms. The Morgan fingerprint density at radius 1 is 1.22 bits per heavy atom. The molecule has 0 aromatic carbocycles. The van der Waals surface area contributed by atoms with Crippen molar-refractivity contribution in [3.8, 4) is 0 Å². The lowest BCUT2D eigenvalue weighted by molar-refractivity contribution is 0.112. The fraction of sp³-hybridized carbons (Fsp3) is 1.00. The zero-order valence-corrected chi connectivity index (χ0v) is 12.5. The van der Waals surface area contributed by atoms with Gasteiger partial charge in [-0.15, -0.1) is 0 Å². The van der Waals surface area contributed by atoms with Gasteiger partial charge in [0.2, 0.25) is 0 Å². The molecule has 2 atom stereocenters. The summed E-state index contributed by atoms with van der Waals surface area (Å²) in [5, 5.41) is 3.76. The Kier molecular flexibility index (Phi) is 5.46. The summed E-state index contributed by atoms with van der Waals surface area (Å²) in [6, 6.07) is 1.55. The third-order valence-electron chi connectivity index (χ3n) is 5.00. The Balaban J connectivity index is 1.90. The highest BCUT2D eigenvalue weighted by Gasteiger charge is 2.28. The molecule has 2 aliphatic rings. The fourth-order valence-electron chi connectivity index (χ4n) is 3.34. The third-order valence-corrected chi connectivity index (χ3v) is 5.00. The molecule has 0 bridgehead atoms. The summed E-state index contributed by atoms with van der Waals surface area (Å²) in [5.74, 6) is 0.803. The van der Waals surface area contributed by atoms with E-state index in [-0.39, 0.29) is 0 Å². The van der Waals surface area contributed by atoms with Gasteiger partial charge in [-0.25, -0.2) is 0 Å². The number of hydrogen-bond donors (Lipinski definition) is 1. The quantitative estimate of drug-likeness (QED) is 0.827.